The van der Waals surface area contributed by atoms with Crippen LogP contribution in [0.25, 0.3) is 0 Å². The zero-order chi connectivity index (χ0) is 50.2. The van der Waals surface area contributed by atoms with Gasteiger partial charge in [0.1, 0.15) is 12.2 Å². The minimum absolute atomic E-state index is 0.0142. The number of nitro groups is 2. The van der Waals surface area contributed by atoms with Gasteiger partial charge < -0.3 is 88.2 Å². The molecule has 33 nitrogen and oxygen atoms in total. The van der Waals surface area contributed by atoms with E-state index < -0.39 is 129 Å². The normalized spacial score (nSPS) is 13.5. The van der Waals surface area contributed by atoms with Gasteiger partial charge in [-0.05, 0) is 17.4 Å². The van der Waals surface area contributed by atoms with Gasteiger partial charge in [0, 0.05) is 6.54 Å². The first kappa shape index (κ1) is 53.0. The number of pyridine rings is 1. The van der Waals surface area contributed by atoms with Crippen LogP contribution in [0.1, 0.15) is 38.8 Å². The Kier molecular flexibility index (Phi) is 18.7. The number of aromatic nitrogens is 1. The Labute approximate surface area is 372 Å². The predicted molar refractivity (Wildman–Crippen MR) is 232 cm³/mol. The van der Waals surface area contributed by atoms with Gasteiger partial charge in [-0.15, -0.1) is 0 Å². The van der Waals surface area contributed by atoms with E-state index in [9.17, 15) is 54.1 Å². The molecule has 0 spiro atoms. The van der Waals surface area contributed by atoms with E-state index in [2.05, 4.69) is 35.6 Å². The van der Waals surface area contributed by atoms with Crippen LogP contribution in [0.4, 0.5) is 17.2 Å². The fourth-order valence-electron chi connectivity index (χ4n) is 5.09. The number of aliphatic imine (C=N–C) groups is 4. The number of carbonyl (C=O) groups excluding carboxylic acids is 6. The molecule has 2 aromatic rings. The fourth-order valence-corrected chi connectivity index (χ4v) is 5.09. The summed E-state index contributed by atoms with van der Waals surface area (Å²) in [4.78, 5) is 120. The van der Waals surface area contributed by atoms with E-state index in [4.69, 9.17) is 51.6 Å². The maximum absolute atomic E-state index is 14.1. The Morgan fingerprint density at radius 3 is 1.48 bits per heavy atom. The molecule has 0 saturated heterocycles. The van der Waals surface area contributed by atoms with Gasteiger partial charge in [0.05, 0.1) is 15.9 Å². The van der Waals surface area contributed by atoms with Gasteiger partial charge >= 0.3 is 5.69 Å². The number of amides is 6. The molecule has 66 heavy (non-hydrogen) atoms. The first-order valence-electron chi connectivity index (χ1n) is 18.6. The highest BCUT2D eigenvalue weighted by atomic mass is 16.6. The standard InChI is InChI=1S/C33H50N22O11/c1-33(2,3)9-10-53(22-15(55(65)66)11-14(12-43-22)54(63)64)28(62)27(61)44-16(13-7-5-4-6-8-13)23(57)46-19(50-30(37)38)25(59)48-21(52-32(41)42)26(60)47-20(51-31(39)40)24(58)45-18(17(34)56)49-29(35)36/h4-8,11-12,16,18-21,28,62H,9-10H2,1-3H3,(H2,34,56)(H,44,61)(H,45,58)(H,46,57)(H,47,60)(H,48,59)(H4,35,36,49)(H4,37,38,50)(H4,39,40,51)(H4,41,42,52). The van der Waals surface area contributed by atoms with Crippen LogP contribution < -0.4 is 83.1 Å². The second-order valence-electron chi connectivity index (χ2n) is 14.5. The molecule has 0 bridgehead atoms. The summed E-state index contributed by atoms with van der Waals surface area (Å²) in [7, 11) is 0. The van der Waals surface area contributed by atoms with E-state index in [1.165, 1.54) is 30.3 Å². The molecule has 6 amide bonds. The smallest absolute Gasteiger partial charge is 0.318 e. The fraction of sp³-hybridized carbons (Fsp3) is 0.364. The largest absolute Gasteiger partial charge is 0.370 e. The predicted octanol–water partition coefficient (Wildman–Crippen LogP) is -7.34. The molecule has 24 N–H and O–H groups in total. The van der Waals surface area contributed by atoms with Crippen molar-refractivity contribution in [2.75, 3.05) is 11.4 Å². The quantitative estimate of drug-likeness (QED) is 0.0171. The van der Waals surface area contributed by atoms with Crippen molar-refractivity contribution in [3.63, 3.8) is 0 Å². The third kappa shape index (κ3) is 16.6. The topological polar surface area (TPSA) is 569 Å². The lowest BCUT2D eigenvalue weighted by atomic mass is 9.92. The number of aliphatic hydroxyl groups is 1. The number of hydrogen-bond acceptors (Lipinski definition) is 17. The summed E-state index contributed by atoms with van der Waals surface area (Å²) in [6.45, 7) is 5.06. The Morgan fingerprint density at radius 1 is 0.667 bits per heavy atom. The summed E-state index contributed by atoms with van der Waals surface area (Å²) in [6, 6.07) is 5.87. The maximum atomic E-state index is 14.1. The molecule has 1 aromatic heterocycles. The van der Waals surface area contributed by atoms with Crippen molar-refractivity contribution in [1.29, 1.82) is 0 Å². The van der Waals surface area contributed by atoms with Crippen molar-refractivity contribution in [3.8, 4) is 0 Å². The van der Waals surface area contributed by atoms with Crippen molar-refractivity contribution >= 4 is 76.5 Å². The molecule has 0 radical (unpaired) electrons. The molecule has 1 aromatic carbocycles. The van der Waals surface area contributed by atoms with Crippen LogP contribution in [-0.4, -0.2) is 117 Å². The van der Waals surface area contributed by atoms with Crippen molar-refractivity contribution in [3.05, 3.63) is 68.4 Å². The molecule has 6 atom stereocenters. The minimum atomic E-state index is -2.35. The number of primary amides is 1. The molecular weight excluding hydrogens is 881 g/mol. The average Bonchev–Trinajstić information content (AvgIpc) is 3.20. The van der Waals surface area contributed by atoms with E-state index >= 15 is 0 Å². The molecule has 33 heteroatoms. The number of nitrogens with two attached hydrogens (primary N) is 9. The summed E-state index contributed by atoms with van der Waals surface area (Å²) in [5.74, 6) is -11.9. The Balaban J connectivity index is 2.55. The highest BCUT2D eigenvalue weighted by Crippen LogP contribution is 2.32. The first-order chi connectivity index (χ1) is 30.6. The van der Waals surface area contributed by atoms with Crippen LogP contribution in [0.2, 0.25) is 0 Å². The Hall–Kier alpha value is -9.17. The maximum Gasteiger partial charge on any atom is 0.318 e. The number of hydrogen-bond donors (Lipinski definition) is 15. The third-order valence-corrected chi connectivity index (χ3v) is 8.07. The summed E-state index contributed by atoms with van der Waals surface area (Å²) in [5, 5.41) is 45.3. The van der Waals surface area contributed by atoms with Crippen LogP contribution in [0, 0.1) is 25.6 Å². The van der Waals surface area contributed by atoms with Crippen molar-refractivity contribution in [2.45, 2.75) is 64.1 Å². The van der Waals surface area contributed by atoms with E-state index in [1.54, 1.807) is 20.8 Å². The Morgan fingerprint density at radius 2 is 1.09 bits per heavy atom. The Bertz CT molecular complexity index is 2270. The molecule has 358 valence electrons. The number of nitrogens with zero attached hydrogens (tertiary/aromatic N) is 8. The molecule has 2 rings (SSSR count). The summed E-state index contributed by atoms with van der Waals surface area (Å²) in [6.07, 6.45) is -9.90. The van der Waals surface area contributed by atoms with Crippen molar-refractivity contribution in [1.82, 2.24) is 31.6 Å². The second-order valence-corrected chi connectivity index (χ2v) is 14.5. The number of benzene rings is 1. The van der Waals surface area contributed by atoms with Gasteiger partial charge in [-0.1, -0.05) is 51.1 Å². The van der Waals surface area contributed by atoms with E-state index in [0.29, 0.717) is 12.3 Å². The van der Waals surface area contributed by atoms with Gasteiger partial charge in [-0.2, -0.15) is 0 Å². The number of rotatable bonds is 22. The first-order valence-corrected chi connectivity index (χ1v) is 18.6. The molecule has 0 aliphatic carbocycles. The zero-order valence-electron chi connectivity index (χ0n) is 35.2. The lowest BCUT2D eigenvalue weighted by Gasteiger charge is -2.31. The van der Waals surface area contributed by atoms with Crippen molar-refractivity contribution < 1.29 is 43.7 Å². The lowest BCUT2D eigenvalue weighted by molar-refractivity contribution is -0.394. The van der Waals surface area contributed by atoms with Crippen LogP contribution in [-0.2, 0) is 28.8 Å². The summed E-state index contributed by atoms with van der Waals surface area (Å²) >= 11 is 0. The molecular formula is C33H50N22O11. The number of carbonyl (C=O) groups is 6. The number of guanidine groups is 4. The molecule has 1 heterocycles. The SMILES string of the molecule is CC(C)(C)CCN(c1ncc([N+](=O)[O-])cc1[N+](=O)[O-])C(O)C(=O)NC(C(=O)NC(N=C(N)N)C(=O)NC(N=C(N)N)C(=O)NC(N=C(N)N)C(=O)NC(N=C(N)N)C(N)=O)c1ccccc1. The van der Waals surface area contributed by atoms with E-state index in [0.717, 1.165) is 4.90 Å². The average molecular weight is 931 g/mol. The number of aliphatic hydroxyl groups excluding tert-OH is 1. The number of nitrogens with one attached hydrogen (secondary N) is 5. The van der Waals surface area contributed by atoms with Crippen LogP contribution in [0.3, 0.4) is 0 Å². The lowest BCUT2D eigenvalue weighted by Crippen LogP contribution is -2.58. The van der Waals surface area contributed by atoms with Crippen LogP contribution >= 0.6 is 0 Å². The van der Waals surface area contributed by atoms with Gasteiger partial charge in [0.15, 0.2) is 23.8 Å². The molecule has 6 unspecified atom stereocenters. The van der Waals surface area contributed by atoms with Gasteiger partial charge in [-0.3, -0.25) is 49.0 Å². The number of anilines is 1. The van der Waals surface area contributed by atoms with Gasteiger partial charge in [0.25, 0.3) is 35.2 Å². The molecule has 0 aliphatic rings. The van der Waals surface area contributed by atoms with E-state index in [1.807, 2.05) is 16.0 Å². The van der Waals surface area contributed by atoms with E-state index in [-0.39, 0.29) is 18.5 Å². The second kappa shape index (κ2) is 23.3. The monoisotopic (exact) mass is 930 g/mol. The summed E-state index contributed by atoms with van der Waals surface area (Å²) in [5.41, 5.74) is 46.3. The third-order valence-electron chi connectivity index (χ3n) is 8.07. The highest BCUT2D eigenvalue weighted by Gasteiger charge is 2.37. The van der Waals surface area contributed by atoms with Gasteiger partial charge in [-0.25, -0.2) is 25.0 Å². The molecule has 0 fully saturated rings. The summed E-state index contributed by atoms with van der Waals surface area (Å²) < 4.78 is 0. The van der Waals surface area contributed by atoms with Crippen molar-refractivity contribution in [2.24, 2.45) is 77.0 Å². The van der Waals surface area contributed by atoms with Crippen LogP contribution in [0.15, 0.2) is 62.6 Å². The molecule has 0 aliphatic heterocycles. The van der Waals surface area contributed by atoms with Crippen LogP contribution in [0.5, 0.6) is 0 Å². The highest BCUT2D eigenvalue weighted by molar-refractivity contribution is 5.99. The minimum Gasteiger partial charge on any atom is -0.370 e. The zero-order valence-corrected chi connectivity index (χ0v) is 35.2. The van der Waals surface area contributed by atoms with Gasteiger partial charge in [0.2, 0.25) is 42.6 Å². The molecule has 0 saturated carbocycles.